The van der Waals surface area contributed by atoms with Crippen molar-refractivity contribution in [2.45, 2.75) is 0 Å². The number of thiophene rings is 1. The van der Waals surface area contributed by atoms with Crippen molar-refractivity contribution in [1.29, 1.82) is 0 Å². The van der Waals surface area contributed by atoms with Crippen molar-refractivity contribution >= 4 is 70.5 Å². The van der Waals surface area contributed by atoms with Gasteiger partial charge in [0, 0.05) is 47.6 Å². The Labute approximate surface area is 335 Å². The minimum Gasteiger partial charge on any atom is -0.454 e. The van der Waals surface area contributed by atoms with Crippen LogP contribution in [0.2, 0.25) is 0 Å². The van der Waals surface area contributed by atoms with Gasteiger partial charge in [0.2, 0.25) is 0 Å². The number of hydrogen-bond acceptors (Lipinski definition) is 3. The molecule has 0 amide bonds. The molecule has 0 aliphatic rings. The van der Waals surface area contributed by atoms with Gasteiger partial charge >= 0.3 is 0 Å². The standard InChI is InChI=1S/C54H35NOS/c1-2-18-36(19-3-1)37-20-4-5-21-38(37)39-22-6-7-23-40(39)41-24-8-12-31-48(41)55(50-33-17-28-45-43-26-10-14-34-51(43)56-53(45)50)49-32-13-9-25-42(49)46-29-16-30-47-44-27-11-15-35-52(44)57-54(46)47/h1-35H. The van der Waals surface area contributed by atoms with E-state index in [1.165, 1.54) is 48.0 Å². The molecule has 0 saturated carbocycles. The number of anilines is 3. The smallest absolute Gasteiger partial charge is 0.159 e. The Morgan fingerprint density at radius 1 is 0.316 bits per heavy atom. The minimum absolute atomic E-state index is 0.853. The second-order valence-electron chi connectivity index (χ2n) is 14.4. The Morgan fingerprint density at radius 2 is 0.789 bits per heavy atom. The lowest BCUT2D eigenvalue weighted by atomic mass is 9.88. The first-order valence-corrected chi connectivity index (χ1v) is 20.2. The molecule has 0 spiro atoms. The van der Waals surface area contributed by atoms with Crippen molar-refractivity contribution in [3.8, 4) is 44.5 Å². The van der Waals surface area contributed by atoms with E-state index >= 15 is 0 Å². The molecule has 2 heterocycles. The van der Waals surface area contributed by atoms with E-state index in [1.54, 1.807) is 0 Å². The maximum atomic E-state index is 6.83. The van der Waals surface area contributed by atoms with Crippen molar-refractivity contribution in [1.82, 2.24) is 0 Å². The molecule has 0 bridgehead atoms. The van der Waals surface area contributed by atoms with Crippen molar-refractivity contribution in [2.24, 2.45) is 0 Å². The summed E-state index contributed by atoms with van der Waals surface area (Å²) in [4.78, 5) is 2.43. The molecular formula is C54H35NOS. The summed E-state index contributed by atoms with van der Waals surface area (Å²) in [5, 5.41) is 4.76. The van der Waals surface area contributed by atoms with Crippen molar-refractivity contribution < 1.29 is 4.42 Å². The summed E-state index contributed by atoms with van der Waals surface area (Å²) < 4.78 is 9.40. The SMILES string of the molecule is c1ccc(-c2ccccc2-c2ccccc2-c2ccccc2N(c2ccccc2-c2cccc3c2sc2ccccc23)c2cccc3c2oc2ccccc23)cc1. The van der Waals surface area contributed by atoms with Gasteiger partial charge in [-0.25, -0.2) is 0 Å². The van der Waals surface area contributed by atoms with Crippen LogP contribution in [0.25, 0.3) is 86.6 Å². The molecule has 0 aliphatic carbocycles. The number of nitrogens with zero attached hydrogens (tertiary/aromatic N) is 1. The normalized spacial score (nSPS) is 11.5. The summed E-state index contributed by atoms with van der Waals surface area (Å²) in [7, 11) is 0. The summed E-state index contributed by atoms with van der Waals surface area (Å²) >= 11 is 1.86. The zero-order chi connectivity index (χ0) is 37.7. The highest BCUT2D eigenvalue weighted by Gasteiger charge is 2.26. The summed E-state index contributed by atoms with van der Waals surface area (Å²) in [6.45, 7) is 0. The van der Waals surface area contributed by atoms with Gasteiger partial charge in [0.25, 0.3) is 0 Å². The van der Waals surface area contributed by atoms with Crippen LogP contribution in [0.4, 0.5) is 17.1 Å². The van der Waals surface area contributed by atoms with Crippen LogP contribution in [-0.2, 0) is 0 Å². The lowest BCUT2D eigenvalue weighted by molar-refractivity contribution is 0.669. The fourth-order valence-corrected chi connectivity index (χ4v) is 9.82. The zero-order valence-electron chi connectivity index (χ0n) is 31.0. The summed E-state index contributed by atoms with van der Waals surface area (Å²) in [5.41, 5.74) is 14.2. The van der Waals surface area contributed by atoms with E-state index in [0.29, 0.717) is 0 Å². The zero-order valence-corrected chi connectivity index (χ0v) is 31.8. The molecule has 57 heavy (non-hydrogen) atoms. The number of fused-ring (bicyclic) bond motifs is 6. The quantitative estimate of drug-likeness (QED) is 0.162. The molecule has 0 N–H and O–H groups in total. The average molecular weight is 746 g/mol. The Morgan fingerprint density at radius 3 is 1.54 bits per heavy atom. The predicted molar refractivity (Wildman–Crippen MR) is 243 cm³/mol. The van der Waals surface area contributed by atoms with Gasteiger partial charge in [0.05, 0.1) is 17.1 Å². The molecule has 0 unspecified atom stereocenters. The lowest BCUT2D eigenvalue weighted by Gasteiger charge is -2.30. The van der Waals surface area contributed by atoms with E-state index in [9.17, 15) is 0 Å². The van der Waals surface area contributed by atoms with Crippen LogP contribution in [0.1, 0.15) is 0 Å². The maximum absolute atomic E-state index is 6.83. The van der Waals surface area contributed by atoms with Gasteiger partial charge in [-0.15, -0.1) is 11.3 Å². The third kappa shape index (κ3) is 5.55. The second kappa shape index (κ2) is 13.8. The molecule has 11 aromatic rings. The molecule has 2 aromatic heterocycles. The van der Waals surface area contributed by atoms with Crippen LogP contribution in [0.5, 0.6) is 0 Å². The van der Waals surface area contributed by atoms with Crippen molar-refractivity contribution in [3.63, 3.8) is 0 Å². The minimum atomic E-state index is 0.853. The van der Waals surface area contributed by atoms with E-state index in [4.69, 9.17) is 4.42 Å². The number of rotatable bonds is 7. The first kappa shape index (κ1) is 33.2. The molecule has 0 atom stereocenters. The van der Waals surface area contributed by atoms with E-state index in [1.807, 2.05) is 17.4 Å². The first-order valence-electron chi connectivity index (χ1n) is 19.4. The third-order valence-corrected chi connectivity index (χ3v) is 12.3. The lowest BCUT2D eigenvalue weighted by Crippen LogP contribution is -2.13. The molecule has 9 aromatic carbocycles. The third-order valence-electron chi connectivity index (χ3n) is 11.1. The molecular weight excluding hydrogens is 711 g/mol. The van der Waals surface area contributed by atoms with Gasteiger partial charge in [-0.1, -0.05) is 182 Å². The first-order chi connectivity index (χ1) is 28.3. The largest absolute Gasteiger partial charge is 0.454 e. The summed E-state index contributed by atoms with van der Waals surface area (Å²) in [6, 6.07) is 76.3. The van der Waals surface area contributed by atoms with E-state index in [0.717, 1.165) is 55.7 Å². The molecule has 0 aliphatic heterocycles. The fraction of sp³-hybridized carbons (Fsp3) is 0. The van der Waals surface area contributed by atoms with E-state index in [-0.39, 0.29) is 0 Å². The Kier molecular flexibility index (Phi) is 8.04. The van der Waals surface area contributed by atoms with Gasteiger partial charge in [0.1, 0.15) is 5.58 Å². The monoisotopic (exact) mass is 745 g/mol. The maximum Gasteiger partial charge on any atom is 0.159 e. The van der Waals surface area contributed by atoms with Gasteiger partial charge < -0.3 is 9.32 Å². The van der Waals surface area contributed by atoms with Crippen molar-refractivity contribution in [3.05, 3.63) is 212 Å². The van der Waals surface area contributed by atoms with Crippen molar-refractivity contribution in [2.75, 3.05) is 4.90 Å². The van der Waals surface area contributed by atoms with Gasteiger partial charge in [-0.3, -0.25) is 0 Å². The average Bonchev–Trinajstić information content (AvgIpc) is 3.87. The molecule has 0 fully saturated rings. The molecule has 0 saturated heterocycles. The molecule has 2 nitrogen and oxygen atoms in total. The second-order valence-corrected chi connectivity index (χ2v) is 15.4. The van der Waals surface area contributed by atoms with Crippen LogP contribution in [0.3, 0.4) is 0 Å². The van der Waals surface area contributed by atoms with Crippen LogP contribution >= 0.6 is 11.3 Å². The van der Waals surface area contributed by atoms with Crippen LogP contribution in [0, 0.1) is 0 Å². The number of benzene rings is 9. The predicted octanol–water partition coefficient (Wildman–Crippen LogP) is 16.1. The summed E-state index contributed by atoms with van der Waals surface area (Å²) in [6.07, 6.45) is 0. The Bertz CT molecular complexity index is 3260. The highest BCUT2D eigenvalue weighted by atomic mass is 32.1. The summed E-state index contributed by atoms with van der Waals surface area (Å²) in [5.74, 6) is 0. The number of para-hydroxylation sites is 4. The molecule has 11 rings (SSSR count). The van der Waals surface area contributed by atoms with E-state index < -0.39 is 0 Å². The number of furan rings is 1. The van der Waals surface area contributed by atoms with Crippen LogP contribution in [0.15, 0.2) is 217 Å². The Hall–Kier alpha value is -7.20. The van der Waals surface area contributed by atoms with E-state index in [2.05, 4.69) is 211 Å². The van der Waals surface area contributed by atoms with Gasteiger partial charge in [-0.05, 0) is 58.1 Å². The van der Waals surface area contributed by atoms with Gasteiger partial charge in [0.15, 0.2) is 5.58 Å². The Balaban J connectivity index is 1.20. The van der Waals surface area contributed by atoms with Gasteiger partial charge in [-0.2, -0.15) is 0 Å². The molecule has 3 heteroatoms. The molecule has 0 radical (unpaired) electrons. The topological polar surface area (TPSA) is 16.4 Å². The number of hydrogen-bond donors (Lipinski definition) is 0. The fourth-order valence-electron chi connectivity index (χ4n) is 8.59. The van der Waals surface area contributed by atoms with Crippen LogP contribution < -0.4 is 4.90 Å². The molecule has 268 valence electrons. The highest BCUT2D eigenvalue weighted by Crippen LogP contribution is 2.51. The highest BCUT2D eigenvalue weighted by molar-refractivity contribution is 7.26. The van der Waals surface area contributed by atoms with Crippen LogP contribution in [-0.4, -0.2) is 0 Å².